The minimum absolute atomic E-state index is 0.0562. The maximum Gasteiger partial charge on any atom is 0.446 e. The molecule has 6 heteroatoms. The number of hydrogen-bond donors (Lipinski definition) is 2. The third-order valence-electron chi connectivity index (χ3n) is 1.45. The number of aliphatic hydroxyl groups is 1. The highest BCUT2D eigenvalue weighted by Gasteiger charge is 2.29. The quantitative estimate of drug-likeness (QED) is 0.758. The zero-order valence-corrected chi connectivity index (χ0v) is 7.69. The van der Waals surface area contributed by atoms with Crippen molar-refractivity contribution in [2.75, 3.05) is 0 Å². The second-order valence-electron chi connectivity index (χ2n) is 2.50. The van der Waals surface area contributed by atoms with E-state index < -0.39 is 12.1 Å². The lowest BCUT2D eigenvalue weighted by atomic mass is 10.2. The van der Waals surface area contributed by atoms with Gasteiger partial charge in [0.05, 0.1) is 6.61 Å². The van der Waals surface area contributed by atoms with E-state index in [-0.39, 0.29) is 28.0 Å². The molecule has 2 N–H and O–H groups in total. The van der Waals surface area contributed by atoms with Crippen molar-refractivity contribution >= 4 is 11.8 Å². The van der Waals surface area contributed by atoms with Crippen molar-refractivity contribution in [3.8, 4) is 5.75 Å². The number of hydrogen-bond acceptors (Lipinski definition) is 3. The number of rotatable bonds is 2. The van der Waals surface area contributed by atoms with Crippen molar-refractivity contribution < 1.29 is 23.4 Å². The maximum atomic E-state index is 11.9. The summed E-state index contributed by atoms with van der Waals surface area (Å²) in [4.78, 5) is -0.0562. The Morgan fingerprint density at radius 1 is 1.29 bits per heavy atom. The molecule has 1 aromatic rings. The molecule has 78 valence electrons. The second kappa shape index (κ2) is 4.10. The van der Waals surface area contributed by atoms with Gasteiger partial charge in [0.2, 0.25) is 0 Å². The van der Waals surface area contributed by atoms with Crippen LogP contribution in [0.3, 0.4) is 0 Å². The number of aliphatic hydroxyl groups excluding tert-OH is 1. The van der Waals surface area contributed by atoms with Crippen molar-refractivity contribution in [3.05, 3.63) is 23.8 Å². The van der Waals surface area contributed by atoms with E-state index in [1.807, 2.05) is 0 Å². The Morgan fingerprint density at radius 3 is 2.43 bits per heavy atom. The van der Waals surface area contributed by atoms with Crippen LogP contribution in [0.4, 0.5) is 13.2 Å². The largest absolute Gasteiger partial charge is 0.508 e. The normalized spacial score (nSPS) is 11.7. The lowest BCUT2D eigenvalue weighted by Gasteiger charge is -2.07. The van der Waals surface area contributed by atoms with Crippen LogP contribution in [-0.4, -0.2) is 15.7 Å². The van der Waals surface area contributed by atoms with Gasteiger partial charge in [-0.2, -0.15) is 13.2 Å². The molecule has 2 nitrogen and oxygen atoms in total. The van der Waals surface area contributed by atoms with Gasteiger partial charge in [0, 0.05) is 10.5 Å². The van der Waals surface area contributed by atoms with Crippen LogP contribution in [-0.2, 0) is 6.61 Å². The summed E-state index contributed by atoms with van der Waals surface area (Å²) in [5.74, 6) is -0.209. The molecular formula is C8H7F3O2S. The molecule has 14 heavy (non-hydrogen) atoms. The monoisotopic (exact) mass is 224 g/mol. The molecule has 1 rings (SSSR count). The minimum Gasteiger partial charge on any atom is -0.508 e. The highest BCUT2D eigenvalue weighted by atomic mass is 32.2. The topological polar surface area (TPSA) is 40.5 Å². The number of benzene rings is 1. The van der Waals surface area contributed by atoms with Crippen molar-refractivity contribution in [2.45, 2.75) is 17.0 Å². The first-order valence-corrected chi connectivity index (χ1v) is 4.42. The Kier molecular flexibility index (Phi) is 3.28. The highest BCUT2D eigenvalue weighted by Crippen LogP contribution is 2.38. The number of phenols is 1. The molecule has 0 saturated carbocycles. The second-order valence-corrected chi connectivity index (χ2v) is 3.63. The van der Waals surface area contributed by atoms with Gasteiger partial charge < -0.3 is 10.2 Å². The first-order valence-electron chi connectivity index (χ1n) is 3.61. The SMILES string of the molecule is OCc1cc(SC(F)(F)F)ccc1O. The summed E-state index contributed by atoms with van der Waals surface area (Å²) in [5, 5.41) is 17.8. The molecule has 0 radical (unpaired) electrons. The van der Waals surface area contributed by atoms with Crippen LogP contribution in [0.25, 0.3) is 0 Å². The molecule has 0 aromatic heterocycles. The first-order chi connectivity index (χ1) is 6.42. The van der Waals surface area contributed by atoms with Crippen molar-refractivity contribution in [1.29, 1.82) is 0 Å². The van der Waals surface area contributed by atoms with Crippen LogP contribution >= 0.6 is 11.8 Å². The molecule has 1 aromatic carbocycles. The number of alkyl halides is 3. The van der Waals surface area contributed by atoms with Crippen LogP contribution in [0.1, 0.15) is 5.56 Å². The van der Waals surface area contributed by atoms with Crippen LogP contribution < -0.4 is 0 Å². The van der Waals surface area contributed by atoms with E-state index in [0.29, 0.717) is 0 Å². The van der Waals surface area contributed by atoms with E-state index in [4.69, 9.17) is 10.2 Å². The van der Waals surface area contributed by atoms with Crippen molar-refractivity contribution in [3.63, 3.8) is 0 Å². The standard InChI is InChI=1S/C8H7F3O2S/c9-8(10,11)14-6-1-2-7(13)5(3-6)4-12/h1-3,12-13H,4H2. The van der Waals surface area contributed by atoms with E-state index in [0.717, 1.165) is 18.2 Å². The lowest BCUT2D eigenvalue weighted by molar-refractivity contribution is -0.0328. The van der Waals surface area contributed by atoms with Gasteiger partial charge in [0.1, 0.15) is 5.75 Å². The molecule has 0 fully saturated rings. The Bertz CT molecular complexity index is 325. The smallest absolute Gasteiger partial charge is 0.446 e. The minimum atomic E-state index is -4.36. The third kappa shape index (κ3) is 3.12. The zero-order chi connectivity index (χ0) is 10.8. The molecule has 0 amide bonds. The average Bonchev–Trinajstić information content (AvgIpc) is 2.06. The summed E-state index contributed by atoms with van der Waals surface area (Å²) >= 11 is -0.283. The summed E-state index contributed by atoms with van der Waals surface area (Å²) in [6, 6.07) is 3.37. The van der Waals surface area contributed by atoms with Gasteiger partial charge in [0.15, 0.2) is 0 Å². The fourth-order valence-electron chi connectivity index (χ4n) is 0.886. The summed E-state index contributed by atoms with van der Waals surface area (Å²) < 4.78 is 35.7. The van der Waals surface area contributed by atoms with Gasteiger partial charge in [-0.05, 0) is 30.0 Å². The molecule has 0 unspecified atom stereocenters. The third-order valence-corrected chi connectivity index (χ3v) is 2.18. The van der Waals surface area contributed by atoms with E-state index >= 15 is 0 Å². The molecule has 0 aliphatic rings. The van der Waals surface area contributed by atoms with Gasteiger partial charge in [0.25, 0.3) is 0 Å². The summed E-state index contributed by atoms with van der Waals surface area (Å²) in [5.41, 5.74) is -4.27. The molecule has 0 atom stereocenters. The van der Waals surface area contributed by atoms with Gasteiger partial charge in [-0.25, -0.2) is 0 Å². The predicted molar refractivity (Wildman–Crippen MR) is 45.9 cm³/mol. The van der Waals surface area contributed by atoms with Gasteiger partial charge in [-0.15, -0.1) is 0 Å². The average molecular weight is 224 g/mol. The fourth-order valence-corrected chi connectivity index (χ4v) is 1.49. The molecule has 0 aliphatic carbocycles. The molecule has 0 spiro atoms. The van der Waals surface area contributed by atoms with E-state index in [2.05, 4.69) is 0 Å². The van der Waals surface area contributed by atoms with Crippen LogP contribution in [0.2, 0.25) is 0 Å². The summed E-state index contributed by atoms with van der Waals surface area (Å²) in [7, 11) is 0. The molecular weight excluding hydrogens is 217 g/mol. The van der Waals surface area contributed by atoms with E-state index in [1.165, 1.54) is 0 Å². The first kappa shape index (κ1) is 11.2. The Hall–Kier alpha value is -0.880. The van der Waals surface area contributed by atoms with Crippen LogP contribution in [0.5, 0.6) is 5.75 Å². The van der Waals surface area contributed by atoms with Gasteiger partial charge >= 0.3 is 5.51 Å². The fraction of sp³-hybridized carbons (Fsp3) is 0.250. The predicted octanol–water partition coefficient (Wildman–Crippen LogP) is 2.50. The summed E-state index contributed by atoms with van der Waals surface area (Å²) in [6.07, 6.45) is 0. The van der Waals surface area contributed by atoms with E-state index in [1.54, 1.807) is 0 Å². The number of halogens is 3. The molecule has 0 aliphatic heterocycles. The zero-order valence-electron chi connectivity index (χ0n) is 6.88. The van der Waals surface area contributed by atoms with Gasteiger partial charge in [-0.3, -0.25) is 0 Å². The van der Waals surface area contributed by atoms with Crippen molar-refractivity contribution in [2.24, 2.45) is 0 Å². The number of aromatic hydroxyl groups is 1. The molecule has 0 saturated heterocycles. The maximum absolute atomic E-state index is 11.9. The van der Waals surface area contributed by atoms with E-state index in [9.17, 15) is 13.2 Å². The van der Waals surface area contributed by atoms with Crippen LogP contribution in [0, 0.1) is 0 Å². The van der Waals surface area contributed by atoms with Crippen LogP contribution in [0.15, 0.2) is 23.1 Å². The van der Waals surface area contributed by atoms with Gasteiger partial charge in [-0.1, -0.05) is 0 Å². The molecule has 0 bridgehead atoms. The number of thioether (sulfide) groups is 1. The summed E-state index contributed by atoms with van der Waals surface area (Å²) in [6.45, 7) is -0.488. The lowest BCUT2D eigenvalue weighted by Crippen LogP contribution is -1.99. The molecule has 0 heterocycles. The van der Waals surface area contributed by atoms with Crippen molar-refractivity contribution in [1.82, 2.24) is 0 Å². The highest BCUT2D eigenvalue weighted by molar-refractivity contribution is 8.00. The Labute approximate surface area is 82.4 Å². The Morgan fingerprint density at radius 2 is 1.93 bits per heavy atom. The Balaban J connectivity index is 2.90.